The van der Waals surface area contributed by atoms with Gasteiger partial charge in [-0.3, -0.25) is 4.18 Å². The van der Waals surface area contributed by atoms with Crippen molar-refractivity contribution in [2.24, 2.45) is 40.4 Å². The maximum atomic E-state index is 12.6. The van der Waals surface area contributed by atoms with E-state index in [1.54, 1.807) is 24.8 Å². The molecule has 0 spiro atoms. The van der Waals surface area contributed by atoms with Crippen molar-refractivity contribution in [1.82, 2.24) is 0 Å². The molecule has 0 saturated heterocycles. The Bertz CT molecular complexity index is 1180. The Hall–Kier alpha value is -1.25. The summed E-state index contributed by atoms with van der Waals surface area (Å²) in [6.07, 6.45) is 14.6. The van der Waals surface area contributed by atoms with Crippen LogP contribution in [0.15, 0.2) is 40.8 Å². The van der Waals surface area contributed by atoms with Gasteiger partial charge in [0, 0.05) is 7.11 Å². The van der Waals surface area contributed by atoms with Crippen molar-refractivity contribution < 1.29 is 26.8 Å². The predicted molar refractivity (Wildman–Crippen MR) is 165 cm³/mol. The van der Waals surface area contributed by atoms with E-state index >= 15 is 0 Å². The van der Waals surface area contributed by atoms with E-state index in [-0.39, 0.29) is 17.6 Å². The standard InChI is InChI=1S/C35H54O6S/c1-25-8-11-29(12-9-25)42(36,37)41-20-6-7-26(2)31-14-15-32-30-13-10-27-23-28(40-24-39-22-21-38-5)16-18-34(27,3)33(30)17-19-35(31,32)4/h8-12,26,28,30-33H,6-7,13-24H2,1-5H3/t26-,28+,30+,31-,32+,33+,34+,35-/m1/s1. The lowest BCUT2D eigenvalue weighted by Gasteiger charge is -2.58. The highest BCUT2D eigenvalue weighted by atomic mass is 32.2. The summed E-state index contributed by atoms with van der Waals surface area (Å²) in [4.78, 5) is 0.246. The van der Waals surface area contributed by atoms with Crippen LogP contribution in [-0.2, 0) is 28.5 Å². The maximum absolute atomic E-state index is 12.6. The van der Waals surface area contributed by atoms with E-state index in [9.17, 15) is 8.42 Å². The average molecular weight is 603 g/mol. The van der Waals surface area contributed by atoms with Gasteiger partial charge >= 0.3 is 0 Å². The summed E-state index contributed by atoms with van der Waals surface area (Å²) in [5, 5.41) is 0. The Morgan fingerprint density at radius 3 is 2.52 bits per heavy atom. The van der Waals surface area contributed by atoms with Crippen LogP contribution in [0.4, 0.5) is 0 Å². The van der Waals surface area contributed by atoms with Gasteiger partial charge in [0.1, 0.15) is 6.79 Å². The first-order valence-electron chi connectivity index (χ1n) is 16.4. The molecule has 4 aliphatic rings. The molecule has 0 radical (unpaired) electrons. The molecule has 0 amide bonds. The average Bonchev–Trinajstić information content (AvgIpc) is 3.33. The smallest absolute Gasteiger partial charge is 0.296 e. The van der Waals surface area contributed by atoms with Crippen LogP contribution < -0.4 is 0 Å². The molecule has 6 nitrogen and oxygen atoms in total. The number of hydrogen-bond donors (Lipinski definition) is 0. The van der Waals surface area contributed by atoms with Gasteiger partial charge in [0.2, 0.25) is 0 Å². The van der Waals surface area contributed by atoms with Gasteiger partial charge in [0.15, 0.2) is 0 Å². The van der Waals surface area contributed by atoms with E-state index in [0.29, 0.717) is 42.7 Å². The summed E-state index contributed by atoms with van der Waals surface area (Å²) >= 11 is 0. The fourth-order valence-electron chi connectivity index (χ4n) is 9.64. The highest BCUT2D eigenvalue weighted by Crippen LogP contribution is 2.67. The summed E-state index contributed by atoms with van der Waals surface area (Å²) in [6, 6.07) is 6.89. The minimum Gasteiger partial charge on any atom is -0.382 e. The Balaban J connectivity index is 1.14. The Morgan fingerprint density at radius 2 is 1.76 bits per heavy atom. The number of aryl methyl sites for hydroxylation is 1. The molecule has 0 heterocycles. The van der Waals surface area contributed by atoms with E-state index in [4.69, 9.17) is 18.4 Å². The number of hydrogen-bond acceptors (Lipinski definition) is 6. The van der Waals surface area contributed by atoms with Crippen molar-refractivity contribution in [3.05, 3.63) is 41.5 Å². The van der Waals surface area contributed by atoms with E-state index in [1.807, 2.05) is 19.1 Å². The van der Waals surface area contributed by atoms with Gasteiger partial charge in [-0.15, -0.1) is 0 Å². The van der Waals surface area contributed by atoms with Crippen LogP contribution in [0.1, 0.15) is 90.5 Å². The number of benzene rings is 1. The second-order valence-corrected chi connectivity index (χ2v) is 15.9. The zero-order valence-electron chi connectivity index (χ0n) is 26.6. The van der Waals surface area contributed by atoms with E-state index < -0.39 is 10.1 Å². The van der Waals surface area contributed by atoms with Crippen molar-refractivity contribution in [2.45, 2.75) is 103 Å². The molecular formula is C35H54O6S. The third kappa shape index (κ3) is 6.56. The molecule has 4 aliphatic carbocycles. The molecule has 0 N–H and O–H groups in total. The van der Waals surface area contributed by atoms with Crippen molar-refractivity contribution in [2.75, 3.05) is 33.7 Å². The first-order chi connectivity index (χ1) is 20.1. The third-order valence-corrected chi connectivity index (χ3v) is 13.3. The van der Waals surface area contributed by atoms with Crippen molar-refractivity contribution in [3.8, 4) is 0 Å². The molecule has 1 aromatic carbocycles. The first-order valence-corrected chi connectivity index (χ1v) is 17.8. The van der Waals surface area contributed by atoms with Crippen LogP contribution in [-0.4, -0.2) is 48.2 Å². The molecule has 5 rings (SSSR count). The number of rotatable bonds is 13. The summed E-state index contributed by atoms with van der Waals surface area (Å²) < 4.78 is 47.4. The predicted octanol–water partition coefficient (Wildman–Crippen LogP) is 7.70. The van der Waals surface area contributed by atoms with Gasteiger partial charge in [-0.25, -0.2) is 0 Å². The summed E-state index contributed by atoms with van der Waals surface area (Å²) in [6.45, 7) is 11.3. The summed E-state index contributed by atoms with van der Waals surface area (Å²) in [7, 11) is -2.00. The summed E-state index contributed by atoms with van der Waals surface area (Å²) in [5.74, 6) is 3.64. The van der Waals surface area contributed by atoms with Crippen LogP contribution in [0.2, 0.25) is 0 Å². The number of fused-ring (bicyclic) bond motifs is 5. The van der Waals surface area contributed by atoms with Crippen LogP contribution in [0.5, 0.6) is 0 Å². The molecule has 42 heavy (non-hydrogen) atoms. The van der Waals surface area contributed by atoms with Gasteiger partial charge in [-0.05, 0) is 124 Å². The molecule has 0 aliphatic heterocycles. The zero-order chi connectivity index (χ0) is 30.0. The molecule has 8 atom stereocenters. The molecule has 236 valence electrons. The van der Waals surface area contributed by atoms with Gasteiger partial charge < -0.3 is 14.2 Å². The minimum atomic E-state index is -3.69. The van der Waals surface area contributed by atoms with E-state index in [0.717, 1.165) is 49.0 Å². The number of allylic oxidation sites excluding steroid dienone is 1. The molecule has 3 saturated carbocycles. The lowest BCUT2D eigenvalue weighted by molar-refractivity contribution is -0.115. The fourth-order valence-corrected chi connectivity index (χ4v) is 10.6. The Morgan fingerprint density at radius 1 is 0.976 bits per heavy atom. The van der Waals surface area contributed by atoms with Crippen LogP contribution in [0.3, 0.4) is 0 Å². The topological polar surface area (TPSA) is 71.1 Å². The van der Waals surface area contributed by atoms with Crippen molar-refractivity contribution in [1.29, 1.82) is 0 Å². The molecule has 1 aromatic rings. The van der Waals surface area contributed by atoms with Gasteiger partial charge in [-0.2, -0.15) is 8.42 Å². The fraction of sp³-hybridized carbons (Fsp3) is 0.771. The largest absolute Gasteiger partial charge is 0.382 e. The summed E-state index contributed by atoms with van der Waals surface area (Å²) in [5.41, 5.74) is 3.38. The second kappa shape index (κ2) is 13.4. The van der Waals surface area contributed by atoms with Crippen LogP contribution >= 0.6 is 0 Å². The van der Waals surface area contributed by atoms with E-state index in [1.165, 1.54) is 38.5 Å². The van der Waals surface area contributed by atoms with Crippen molar-refractivity contribution in [3.63, 3.8) is 0 Å². The third-order valence-electron chi connectivity index (χ3n) is 12.0. The van der Waals surface area contributed by atoms with Gasteiger partial charge in [0.05, 0.1) is 30.8 Å². The number of ether oxygens (including phenoxy) is 3. The van der Waals surface area contributed by atoms with E-state index in [2.05, 4.69) is 26.8 Å². The van der Waals surface area contributed by atoms with Gasteiger partial charge in [-0.1, -0.05) is 50.1 Å². The molecule has 0 bridgehead atoms. The Kier molecular flexibility index (Phi) is 10.3. The minimum absolute atomic E-state index is 0.246. The highest BCUT2D eigenvalue weighted by Gasteiger charge is 2.59. The molecule has 0 unspecified atom stereocenters. The molecular weight excluding hydrogens is 548 g/mol. The monoisotopic (exact) mass is 602 g/mol. The first kappa shape index (κ1) is 32.2. The Labute approximate surface area is 255 Å². The quantitative estimate of drug-likeness (QED) is 0.0997. The second-order valence-electron chi connectivity index (χ2n) is 14.2. The van der Waals surface area contributed by atoms with Crippen LogP contribution in [0.25, 0.3) is 0 Å². The molecule has 0 aromatic heterocycles. The number of methoxy groups -OCH3 is 1. The normalized spacial score (nSPS) is 35.2. The lowest BCUT2D eigenvalue weighted by atomic mass is 9.47. The lowest BCUT2D eigenvalue weighted by Crippen LogP contribution is -2.51. The van der Waals surface area contributed by atoms with Crippen LogP contribution in [0, 0.1) is 47.3 Å². The zero-order valence-corrected chi connectivity index (χ0v) is 27.4. The van der Waals surface area contributed by atoms with Crippen molar-refractivity contribution >= 4 is 10.1 Å². The molecule has 3 fully saturated rings. The SMILES string of the molecule is COCCOCO[C@H]1CC[C@@]2(C)C(=CC[C@H]3[C@@H]4CC[C@H]([C@H](C)CCCOS(=O)(=O)c5ccc(C)cc5)[C@@]4(C)CC[C@@H]32)C1. The highest BCUT2D eigenvalue weighted by molar-refractivity contribution is 7.86. The van der Waals surface area contributed by atoms with Gasteiger partial charge in [0.25, 0.3) is 10.1 Å². The maximum Gasteiger partial charge on any atom is 0.296 e. The molecule has 7 heteroatoms.